The zero-order chi connectivity index (χ0) is 30.6. The molecular formula is C39H43ClO4. The van der Waals surface area contributed by atoms with Gasteiger partial charge in [0.05, 0.1) is 51.3 Å². The standard InChI is InChI=1S/C39H43ClO4/c1-3-19-41-27-34-22-38(40)33(20-30-17-15-29(4-2)16-18-30)21-37(34)39-24-35(43-26-32-13-9-6-10-14-32)23-36(44-39)28-42-25-31-11-7-5-8-12-31/h3,5-18,21-22,35-36,39H,1,4,19-20,23-28H2,2H3/t35?,36-,39+/m0/s1. The summed E-state index contributed by atoms with van der Waals surface area (Å²) in [6.07, 6.45) is 4.76. The second kappa shape index (κ2) is 16.7. The lowest BCUT2D eigenvalue weighted by atomic mass is 9.90. The average molecular weight is 611 g/mol. The van der Waals surface area contributed by atoms with Crippen LogP contribution in [0.15, 0.2) is 110 Å². The molecule has 0 bridgehead atoms. The van der Waals surface area contributed by atoms with E-state index in [0.717, 1.165) is 58.5 Å². The molecule has 1 unspecified atom stereocenters. The van der Waals surface area contributed by atoms with Gasteiger partial charge in [0.25, 0.3) is 0 Å². The molecule has 0 saturated carbocycles. The van der Waals surface area contributed by atoms with Crippen molar-refractivity contribution in [3.63, 3.8) is 0 Å². The minimum atomic E-state index is -0.185. The van der Waals surface area contributed by atoms with Crippen molar-refractivity contribution in [3.05, 3.63) is 154 Å². The monoisotopic (exact) mass is 610 g/mol. The summed E-state index contributed by atoms with van der Waals surface area (Å²) in [5.41, 5.74) is 8.06. The molecule has 4 aromatic carbocycles. The lowest BCUT2D eigenvalue weighted by Gasteiger charge is -2.36. The van der Waals surface area contributed by atoms with Crippen LogP contribution in [0.4, 0.5) is 0 Å². The molecule has 0 amide bonds. The molecule has 5 heteroatoms. The van der Waals surface area contributed by atoms with E-state index in [-0.39, 0.29) is 18.3 Å². The highest BCUT2D eigenvalue weighted by Crippen LogP contribution is 2.38. The van der Waals surface area contributed by atoms with Gasteiger partial charge >= 0.3 is 0 Å². The molecule has 0 aromatic heterocycles. The van der Waals surface area contributed by atoms with Crippen LogP contribution in [0, 0.1) is 0 Å². The number of hydrogen-bond donors (Lipinski definition) is 0. The van der Waals surface area contributed by atoms with Crippen LogP contribution >= 0.6 is 11.6 Å². The summed E-state index contributed by atoms with van der Waals surface area (Å²) < 4.78 is 25.4. The van der Waals surface area contributed by atoms with Crippen molar-refractivity contribution >= 4 is 11.6 Å². The molecule has 4 aromatic rings. The summed E-state index contributed by atoms with van der Waals surface area (Å²) in [6.45, 7) is 8.46. The van der Waals surface area contributed by atoms with E-state index in [1.54, 1.807) is 6.08 Å². The van der Waals surface area contributed by atoms with E-state index in [0.29, 0.717) is 33.0 Å². The van der Waals surface area contributed by atoms with Crippen molar-refractivity contribution in [3.8, 4) is 0 Å². The van der Waals surface area contributed by atoms with Crippen molar-refractivity contribution in [1.29, 1.82) is 0 Å². The predicted octanol–water partition coefficient (Wildman–Crippen LogP) is 9.22. The maximum atomic E-state index is 6.90. The van der Waals surface area contributed by atoms with Crippen LogP contribution < -0.4 is 0 Å². The first-order chi connectivity index (χ1) is 21.6. The Morgan fingerprint density at radius 3 is 2.14 bits per heavy atom. The molecule has 1 heterocycles. The Labute approximate surface area is 267 Å². The fraction of sp³-hybridized carbons (Fsp3) is 0.333. The number of rotatable bonds is 15. The number of aryl methyl sites for hydroxylation is 1. The molecule has 0 spiro atoms. The molecule has 5 rings (SSSR count). The largest absolute Gasteiger partial charge is 0.374 e. The third-order valence-electron chi connectivity index (χ3n) is 8.08. The van der Waals surface area contributed by atoms with Gasteiger partial charge < -0.3 is 18.9 Å². The first kappa shape index (κ1) is 32.2. The Hall–Kier alpha value is -3.25. The molecule has 1 aliphatic rings. The van der Waals surface area contributed by atoms with Crippen LogP contribution in [0.3, 0.4) is 0 Å². The number of hydrogen-bond acceptors (Lipinski definition) is 4. The Bertz CT molecular complexity index is 1440. The fourth-order valence-corrected chi connectivity index (χ4v) is 5.94. The number of benzene rings is 4. The van der Waals surface area contributed by atoms with Gasteiger partial charge in [-0.25, -0.2) is 0 Å². The molecule has 0 radical (unpaired) electrons. The molecule has 44 heavy (non-hydrogen) atoms. The summed E-state index contributed by atoms with van der Waals surface area (Å²) in [7, 11) is 0. The highest BCUT2D eigenvalue weighted by molar-refractivity contribution is 6.31. The van der Waals surface area contributed by atoms with E-state index in [1.807, 2.05) is 36.4 Å². The van der Waals surface area contributed by atoms with Crippen molar-refractivity contribution in [2.24, 2.45) is 0 Å². The van der Waals surface area contributed by atoms with Gasteiger partial charge in [-0.15, -0.1) is 6.58 Å². The zero-order valence-corrected chi connectivity index (χ0v) is 26.4. The maximum Gasteiger partial charge on any atom is 0.0858 e. The summed E-state index contributed by atoms with van der Waals surface area (Å²) in [6, 6.07) is 33.6. The van der Waals surface area contributed by atoms with Crippen molar-refractivity contribution < 1.29 is 18.9 Å². The molecule has 1 aliphatic heterocycles. The second-order valence-electron chi connectivity index (χ2n) is 11.4. The SMILES string of the molecule is C=CCOCc1cc(Cl)c(Cc2ccc(CC)cc2)cc1[C@H]1CC(OCc2ccccc2)C[C@@H](COCc2ccccc2)O1. The third kappa shape index (κ3) is 9.37. The highest BCUT2D eigenvalue weighted by Gasteiger charge is 2.33. The number of ether oxygens (including phenoxy) is 4. The molecular weight excluding hydrogens is 568 g/mol. The topological polar surface area (TPSA) is 36.9 Å². The summed E-state index contributed by atoms with van der Waals surface area (Å²) >= 11 is 6.90. The molecule has 230 valence electrons. The van der Waals surface area contributed by atoms with Gasteiger partial charge in [-0.3, -0.25) is 0 Å². The van der Waals surface area contributed by atoms with E-state index in [1.165, 1.54) is 11.1 Å². The van der Waals surface area contributed by atoms with Crippen LogP contribution in [0.25, 0.3) is 0 Å². The van der Waals surface area contributed by atoms with Gasteiger partial charge in [0.15, 0.2) is 0 Å². The molecule has 0 aliphatic carbocycles. The average Bonchev–Trinajstić information content (AvgIpc) is 3.06. The Morgan fingerprint density at radius 2 is 1.45 bits per heavy atom. The van der Waals surface area contributed by atoms with Gasteiger partial charge in [0.2, 0.25) is 0 Å². The summed E-state index contributed by atoms with van der Waals surface area (Å²) in [4.78, 5) is 0. The molecule has 0 N–H and O–H groups in total. The third-order valence-corrected chi connectivity index (χ3v) is 8.43. The van der Waals surface area contributed by atoms with Crippen molar-refractivity contribution in [2.45, 2.75) is 70.7 Å². The van der Waals surface area contributed by atoms with Crippen LogP contribution in [-0.4, -0.2) is 25.4 Å². The Morgan fingerprint density at radius 1 is 0.773 bits per heavy atom. The summed E-state index contributed by atoms with van der Waals surface area (Å²) in [5, 5.41) is 0.737. The highest BCUT2D eigenvalue weighted by atomic mass is 35.5. The smallest absolute Gasteiger partial charge is 0.0858 e. The van der Waals surface area contributed by atoms with E-state index < -0.39 is 0 Å². The quantitative estimate of drug-likeness (QED) is 0.0993. The fourth-order valence-electron chi connectivity index (χ4n) is 5.69. The van der Waals surface area contributed by atoms with E-state index in [4.69, 9.17) is 30.5 Å². The number of halogens is 1. The lowest BCUT2D eigenvalue weighted by molar-refractivity contribution is -0.142. The molecule has 1 fully saturated rings. The Balaban J connectivity index is 1.39. The predicted molar refractivity (Wildman–Crippen MR) is 178 cm³/mol. The van der Waals surface area contributed by atoms with E-state index >= 15 is 0 Å². The lowest BCUT2D eigenvalue weighted by Crippen LogP contribution is -2.36. The molecule has 1 saturated heterocycles. The first-order valence-corrected chi connectivity index (χ1v) is 16.0. The van der Waals surface area contributed by atoms with Crippen LogP contribution in [0.5, 0.6) is 0 Å². The van der Waals surface area contributed by atoms with Crippen LogP contribution in [0.1, 0.15) is 64.8 Å². The van der Waals surface area contributed by atoms with Crippen molar-refractivity contribution in [1.82, 2.24) is 0 Å². The molecule has 4 nitrogen and oxygen atoms in total. The normalized spacial score (nSPS) is 18.3. The zero-order valence-electron chi connectivity index (χ0n) is 25.6. The van der Waals surface area contributed by atoms with Crippen LogP contribution in [0.2, 0.25) is 5.02 Å². The second-order valence-corrected chi connectivity index (χ2v) is 11.8. The van der Waals surface area contributed by atoms with Crippen molar-refractivity contribution in [2.75, 3.05) is 13.2 Å². The molecule has 3 atom stereocenters. The van der Waals surface area contributed by atoms with Crippen LogP contribution in [-0.2, 0) is 51.6 Å². The van der Waals surface area contributed by atoms with Gasteiger partial charge in [-0.2, -0.15) is 0 Å². The first-order valence-electron chi connectivity index (χ1n) is 15.6. The Kier molecular flexibility index (Phi) is 12.2. The maximum absolute atomic E-state index is 6.90. The van der Waals surface area contributed by atoms with Gasteiger partial charge in [-0.1, -0.05) is 116 Å². The minimum Gasteiger partial charge on any atom is -0.374 e. The van der Waals surface area contributed by atoms with E-state index in [2.05, 4.69) is 74.2 Å². The van der Waals surface area contributed by atoms with E-state index in [9.17, 15) is 0 Å². The summed E-state index contributed by atoms with van der Waals surface area (Å²) in [5.74, 6) is 0. The van der Waals surface area contributed by atoms with Gasteiger partial charge in [0.1, 0.15) is 0 Å². The van der Waals surface area contributed by atoms with Gasteiger partial charge in [0, 0.05) is 17.9 Å². The minimum absolute atomic E-state index is 0.0157. The van der Waals surface area contributed by atoms with Gasteiger partial charge in [-0.05, 0) is 57.9 Å².